The molecule has 1 heterocycles. The molecule has 2 rings (SSSR count). The van der Waals surface area contributed by atoms with Crippen molar-refractivity contribution in [2.45, 2.75) is 19.9 Å². The molecule has 88 valence electrons. The Morgan fingerprint density at radius 1 is 1.47 bits per heavy atom. The van der Waals surface area contributed by atoms with Gasteiger partial charge in [0.2, 0.25) is 5.91 Å². The van der Waals surface area contributed by atoms with Gasteiger partial charge in [-0.15, -0.1) is 0 Å². The number of carbonyl (C=O) groups excluding carboxylic acids is 1. The number of aromatic amines is 1. The number of allylic oxidation sites excluding steroid dienone is 1. The average molecular weight is 229 g/mol. The molecule has 0 aliphatic rings. The van der Waals surface area contributed by atoms with Gasteiger partial charge in [0, 0.05) is 0 Å². The molecule has 1 amide bonds. The number of aromatic nitrogens is 2. The third kappa shape index (κ3) is 2.53. The molecule has 0 saturated heterocycles. The van der Waals surface area contributed by atoms with Crippen LogP contribution in [0.2, 0.25) is 0 Å². The summed E-state index contributed by atoms with van der Waals surface area (Å²) in [5, 5.41) is 2.84. The predicted molar refractivity (Wildman–Crippen MR) is 67.5 cm³/mol. The fraction of sp³-hybridized carbons (Fsp3) is 0.231. The standard InChI is InChI=1S/C13H15N3O/c1-3-6-12(17)14-9(2)13-15-10-7-4-5-8-11(10)16-13/h3-9H,1-2H3,(H,14,17)(H,15,16)/b6-3+. The highest BCUT2D eigenvalue weighted by Gasteiger charge is 2.11. The Morgan fingerprint density at radius 3 is 2.94 bits per heavy atom. The molecule has 0 saturated carbocycles. The summed E-state index contributed by atoms with van der Waals surface area (Å²) in [7, 11) is 0. The van der Waals surface area contributed by atoms with Crippen LogP contribution in [0.15, 0.2) is 36.4 Å². The molecule has 0 aliphatic carbocycles. The average Bonchev–Trinajstić information content (AvgIpc) is 2.72. The van der Waals surface area contributed by atoms with E-state index in [1.165, 1.54) is 6.08 Å². The molecule has 17 heavy (non-hydrogen) atoms. The number of fused-ring (bicyclic) bond motifs is 1. The van der Waals surface area contributed by atoms with Gasteiger partial charge in [-0.2, -0.15) is 0 Å². The summed E-state index contributed by atoms with van der Waals surface area (Å²) in [5.74, 6) is 0.657. The van der Waals surface area contributed by atoms with Crippen LogP contribution < -0.4 is 5.32 Å². The summed E-state index contributed by atoms with van der Waals surface area (Å²) in [6.07, 6.45) is 3.21. The summed E-state index contributed by atoms with van der Waals surface area (Å²) in [5.41, 5.74) is 1.89. The van der Waals surface area contributed by atoms with Gasteiger partial charge in [0.25, 0.3) is 0 Å². The van der Waals surface area contributed by atoms with Crippen LogP contribution in [0.3, 0.4) is 0 Å². The van der Waals surface area contributed by atoms with Gasteiger partial charge < -0.3 is 10.3 Å². The van der Waals surface area contributed by atoms with Crippen LogP contribution in [0.5, 0.6) is 0 Å². The van der Waals surface area contributed by atoms with Gasteiger partial charge in [-0.1, -0.05) is 18.2 Å². The quantitative estimate of drug-likeness (QED) is 0.793. The predicted octanol–water partition coefficient (Wildman–Crippen LogP) is 2.32. The van der Waals surface area contributed by atoms with E-state index in [0.29, 0.717) is 0 Å². The van der Waals surface area contributed by atoms with Crippen LogP contribution in [0.1, 0.15) is 25.7 Å². The van der Waals surface area contributed by atoms with Crippen LogP contribution in [0, 0.1) is 0 Å². The number of hydrogen-bond acceptors (Lipinski definition) is 2. The second-order valence-corrected chi connectivity index (χ2v) is 3.87. The lowest BCUT2D eigenvalue weighted by Gasteiger charge is -2.08. The number of carbonyl (C=O) groups is 1. The van der Waals surface area contributed by atoms with E-state index < -0.39 is 0 Å². The third-order valence-electron chi connectivity index (χ3n) is 2.49. The summed E-state index contributed by atoms with van der Waals surface area (Å²) in [6.45, 7) is 3.71. The van der Waals surface area contributed by atoms with E-state index in [0.717, 1.165) is 16.9 Å². The monoisotopic (exact) mass is 229 g/mol. The van der Waals surface area contributed by atoms with E-state index in [4.69, 9.17) is 0 Å². The van der Waals surface area contributed by atoms with E-state index in [9.17, 15) is 4.79 Å². The van der Waals surface area contributed by atoms with Crippen molar-refractivity contribution in [2.75, 3.05) is 0 Å². The second kappa shape index (κ2) is 4.82. The Labute approximate surface area is 99.8 Å². The highest BCUT2D eigenvalue weighted by Crippen LogP contribution is 2.15. The number of nitrogens with zero attached hydrogens (tertiary/aromatic N) is 1. The van der Waals surface area contributed by atoms with Crippen molar-refractivity contribution in [3.05, 3.63) is 42.2 Å². The smallest absolute Gasteiger partial charge is 0.244 e. The van der Waals surface area contributed by atoms with Crippen molar-refractivity contribution >= 4 is 16.9 Å². The van der Waals surface area contributed by atoms with Crippen molar-refractivity contribution in [1.29, 1.82) is 0 Å². The maximum Gasteiger partial charge on any atom is 0.244 e. The topological polar surface area (TPSA) is 57.8 Å². The Balaban J connectivity index is 2.19. The first-order chi connectivity index (χ1) is 8.20. The minimum atomic E-state index is -0.133. The van der Waals surface area contributed by atoms with Crippen LogP contribution in [0.4, 0.5) is 0 Å². The van der Waals surface area contributed by atoms with E-state index >= 15 is 0 Å². The van der Waals surface area contributed by atoms with E-state index in [-0.39, 0.29) is 11.9 Å². The molecule has 0 radical (unpaired) electrons. The van der Waals surface area contributed by atoms with Gasteiger partial charge in [-0.3, -0.25) is 4.79 Å². The first-order valence-electron chi connectivity index (χ1n) is 5.58. The van der Waals surface area contributed by atoms with Crippen LogP contribution >= 0.6 is 0 Å². The van der Waals surface area contributed by atoms with Gasteiger partial charge in [0.05, 0.1) is 17.1 Å². The van der Waals surface area contributed by atoms with Gasteiger partial charge >= 0.3 is 0 Å². The van der Waals surface area contributed by atoms with E-state index in [1.54, 1.807) is 6.08 Å². The summed E-state index contributed by atoms with van der Waals surface area (Å²) in [6, 6.07) is 7.66. The number of rotatable bonds is 3. The molecule has 1 atom stereocenters. The van der Waals surface area contributed by atoms with Crippen molar-refractivity contribution in [3.8, 4) is 0 Å². The molecular formula is C13H15N3O. The van der Waals surface area contributed by atoms with Gasteiger partial charge in [-0.05, 0) is 32.1 Å². The number of para-hydroxylation sites is 2. The van der Waals surface area contributed by atoms with Crippen molar-refractivity contribution < 1.29 is 4.79 Å². The van der Waals surface area contributed by atoms with Crippen molar-refractivity contribution in [1.82, 2.24) is 15.3 Å². The maximum absolute atomic E-state index is 11.4. The van der Waals surface area contributed by atoms with Gasteiger partial charge in [0.1, 0.15) is 5.82 Å². The number of nitrogens with one attached hydrogen (secondary N) is 2. The normalized spacial score (nSPS) is 13.1. The maximum atomic E-state index is 11.4. The number of imidazole rings is 1. The van der Waals surface area contributed by atoms with E-state index in [2.05, 4.69) is 15.3 Å². The Hall–Kier alpha value is -2.10. The lowest BCUT2D eigenvalue weighted by atomic mass is 10.3. The van der Waals surface area contributed by atoms with Gasteiger partial charge in [-0.25, -0.2) is 4.98 Å². The minimum absolute atomic E-state index is 0.111. The van der Waals surface area contributed by atoms with Crippen molar-refractivity contribution in [3.63, 3.8) is 0 Å². The number of hydrogen-bond donors (Lipinski definition) is 2. The lowest BCUT2D eigenvalue weighted by Crippen LogP contribution is -2.25. The molecule has 0 spiro atoms. The van der Waals surface area contributed by atoms with Crippen LogP contribution in [0.25, 0.3) is 11.0 Å². The van der Waals surface area contributed by atoms with Gasteiger partial charge in [0.15, 0.2) is 0 Å². The zero-order valence-electron chi connectivity index (χ0n) is 9.90. The van der Waals surface area contributed by atoms with Crippen molar-refractivity contribution in [2.24, 2.45) is 0 Å². The summed E-state index contributed by atoms with van der Waals surface area (Å²) >= 11 is 0. The molecule has 2 N–H and O–H groups in total. The molecule has 1 unspecified atom stereocenters. The zero-order chi connectivity index (χ0) is 12.3. The molecule has 0 bridgehead atoms. The number of benzene rings is 1. The molecule has 4 nitrogen and oxygen atoms in total. The van der Waals surface area contributed by atoms with E-state index in [1.807, 2.05) is 38.1 Å². The Morgan fingerprint density at radius 2 is 2.24 bits per heavy atom. The highest BCUT2D eigenvalue weighted by molar-refractivity contribution is 5.87. The molecule has 0 fully saturated rings. The minimum Gasteiger partial charge on any atom is -0.343 e. The SMILES string of the molecule is C/C=C/C(=O)NC(C)c1nc2ccccc2[nH]1. The Kier molecular flexibility index (Phi) is 3.23. The van der Waals surface area contributed by atoms with Crippen LogP contribution in [-0.2, 0) is 4.79 Å². The first kappa shape index (κ1) is 11.4. The summed E-state index contributed by atoms with van der Waals surface area (Å²) in [4.78, 5) is 19.0. The summed E-state index contributed by atoms with van der Waals surface area (Å²) < 4.78 is 0. The highest BCUT2D eigenvalue weighted by atomic mass is 16.1. The first-order valence-corrected chi connectivity index (χ1v) is 5.58. The van der Waals surface area contributed by atoms with Crippen LogP contribution in [-0.4, -0.2) is 15.9 Å². The fourth-order valence-corrected chi connectivity index (χ4v) is 1.66. The molecular weight excluding hydrogens is 214 g/mol. The third-order valence-corrected chi connectivity index (χ3v) is 2.49. The zero-order valence-corrected chi connectivity index (χ0v) is 9.90. The number of H-pyrrole nitrogens is 1. The molecule has 0 aliphatic heterocycles. The molecule has 4 heteroatoms. The largest absolute Gasteiger partial charge is 0.343 e. The fourth-order valence-electron chi connectivity index (χ4n) is 1.66. The molecule has 1 aromatic carbocycles. The second-order valence-electron chi connectivity index (χ2n) is 3.87. The Bertz CT molecular complexity index is 524. The molecule has 1 aromatic heterocycles. The lowest BCUT2D eigenvalue weighted by molar-refractivity contribution is -0.117. The number of amides is 1. The molecule has 2 aromatic rings.